The fourth-order valence-corrected chi connectivity index (χ4v) is 3.00. The maximum atomic E-state index is 11.1. The van der Waals surface area contributed by atoms with Gasteiger partial charge in [-0.05, 0) is 44.6 Å². The third-order valence-corrected chi connectivity index (χ3v) is 4.29. The molecule has 3 atom stereocenters. The van der Waals surface area contributed by atoms with E-state index in [1.54, 1.807) is 19.1 Å². The molecule has 0 radical (unpaired) electrons. The van der Waals surface area contributed by atoms with Crippen LogP contribution in [0.1, 0.15) is 50.6 Å². The number of aliphatic hydroxyl groups is 1. The lowest BCUT2D eigenvalue weighted by Gasteiger charge is -2.33. The van der Waals surface area contributed by atoms with Crippen molar-refractivity contribution in [2.75, 3.05) is 13.2 Å². The second kappa shape index (κ2) is 9.01. The molecule has 1 aliphatic heterocycles. The Bertz CT molecular complexity index is 499. The fraction of sp³-hybridized carbons (Fsp3) is 0.611. The standard InChI is InChI=1S/C18H27NO5/c1-18(22,11-7-13-24-15-10-5-6-12-23-15)16(19-17(20)21)14-8-3-2-4-9-14/h2-4,8-9,15-16,19,22H,5-7,10-13H2,1H3,(H,20,21). The van der Waals surface area contributed by atoms with E-state index in [2.05, 4.69) is 5.32 Å². The molecule has 3 unspecified atom stereocenters. The van der Waals surface area contributed by atoms with E-state index in [9.17, 15) is 9.90 Å². The van der Waals surface area contributed by atoms with Crippen LogP contribution in [0, 0.1) is 0 Å². The second-order valence-corrected chi connectivity index (χ2v) is 6.42. The molecular weight excluding hydrogens is 310 g/mol. The molecule has 1 aliphatic rings. The van der Waals surface area contributed by atoms with E-state index in [0.29, 0.717) is 19.4 Å². The van der Waals surface area contributed by atoms with Crippen LogP contribution in [-0.4, -0.2) is 41.4 Å². The number of hydrogen-bond acceptors (Lipinski definition) is 4. The molecule has 1 saturated heterocycles. The van der Waals surface area contributed by atoms with Crippen molar-refractivity contribution in [1.82, 2.24) is 5.32 Å². The third kappa shape index (κ3) is 5.78. The van der Waals surface area contributed by atoms with Crippen LogP contribution in [0.25, 0.3) is 0 Å². The van der Waals surface area contributed by atoms with Crippen LogP contribution in [0.3, 0.4) is 0 Å². The zero-order chi connectivity index (χ0) is 17.4. The summed E-state index contributed by atoms with van der Waals surface area (Å²) in [5.74, 6) is 0. The number of carboxylic acid groups (broad SMARTS) is 1. The van der Waals surface area contributed by atoms with E-state index < -0.39 is 17.7 Å². The Balaban J connectivity index is 1.88. The summed E-state index contributed by atoms with van der Waals surface area (Å²) in [6, 6.07) is 8.43. The first-order valence-corrected chi connectivity index (χ1v) is 8.49. The number of ether oxygens (including phenoxy) is 2. The molecule has 0 saturated carbocycles. The van der Waals surface area contributed by atoms with Gasteiger partial charge in [-0.25, -0.2) is 4.79 Å². The van der Waals surface area contributed by atoms with Gasteiger partial charge in [0.15, 0.2) is 6.29 Å². The van der Waals surface area contributed by atoms with Crippen LogP contribution in [0.15, 0.2) is 30.3 Å². The Morgan fingerprint density at radius 3 is 2.79 bits per heavy atom. The van der Waals surface area contributed by atoms with Crippen LogP contribution in [0.4, 0.5) is 4.79 Å². The van der Waals surface area contributed by atoms with Crippen LogP contribution in [-0.2, 0) is 9.47 Å². The van der Waals surface area contributed by atoms with Gasteiger partial charge < -0.3 is 25.0 Å². The molecule has 24 heavy (non-hydrogen) atoms. The quantitative estimate of drug-likeness (QED) is 0.635. The van der Waals surface area contributed by atoms with Crippen LogP contribution in [0.5, 0.6) is 0 Å². The molecule has 1 fully saturated rings. The van der Waals surface area contributed by atoms with Crippen molar-refractivity contribution in [3.63, 3.8) is 0 Å². The van der Waals surface area contributed by atoms with Crippen molar-refractivity contribution in [2.24, 2.45) is 0 Å². The summed E-state index contributed by atoms with van der Waals surface area (Å²) < 4.78 is 11.2. The van der Waals surface area contributed by atoms with Gasteiger partial charge in [0.2, 0.25) is 0 Å². The molecule has 1 heterocycles. The number of rotatable bonds is 8. The predicted octanol–water partition coefficient (Wildman–Crippen LogP) is 3.07. The predicted molar refractivity (Wildman–Crippen MR) is 89.7 cm³/mol. The van der Waals surface area contributed by atoms with Crippen LogP contribution in [0.2, 0.25) is 0 Å². The highest BCUT2D eigenvalue weighted by Gasteiger charge is 2.34. The minimum atomic E-state index is -1.21. The summed E-state index contributed by atoms with van der Waals surface area (Å²) in [7, 11) is 0. The average Bonchev–Trinajstić information content (AvgIpc) is 2.58. The zero-order valence-corrected chi connectivity index (χ0v) is 14.1. The molecular formula is C18H27NO5. The van der Waals surface area contributed by atoms with Gasteiger partial charge in [-0.1, -0.05) is 30.3 Å². The van der Waals surface area contributed by atoms with E-state index in [1.807, 2.05) is 18.2 Å². The molecule has 134 valence electrons. The number of nitrogens with one attached hydrogen (secondary N) is 1. The highest BCUT2D eigenvalue weighted by molar-refractivity contribution is 5.65. The molecule has 6 heteroatoms. The number of hydrogen-bond donors (Lipinski definition) is 3. The normalized spacial score (nSPS) is 21.7. The fourth-order valence-electron chi connectivity index (χ4n) is 3.00. The zero-order valence-electron chi connectivity index (χ0n) is 14.1. The lowest BCUT2D eigenvalue weighted by Crippen LogP contribution is -2.44. The highest BCUT2D eigenvalue weighted by atomic mass is 16.7. The Morgan fingerprint density at radius 1 is 1.42 bits per heavy atom. The van der Waals surface area contributed by atoms with Gasteiger partial charge in [0.25, 0.3) is 0 Å². The van der Waals surface area contributed by atoms with E-state index in [0.717, 1.165) is 31.4 Å². The molecule has 2 rings (SSSR count). The first-order valence-electron chi connectivity index (χ1n) is 8.49. The summed E-state index contributed by atoms with van der Waals surface area (Å²) >= 11 is 0. The Morgan fingerprint density at radius 2 is 2.17 bits per heavy atom. The van der Waals surface area contributed by atoms with Gasteiger partial charge >= 0.3 is 6.09 Å². The van der Waals surface area contributed by atoms with Gasteiger partial charge in [0, 0.05) is 13.2 Å². The maximum Gasteiger partial charge on any atom is 0.405 e. The molecule has 6 nitrogen and oxygen atoms in total. The van der Waals surface area contributed by atoms with Gasteiger partial charge in [-0.15, -0.1) is 0 Å². The van der Waals surface area contributed by atoms with Crippen molar-refractivity contribution < 1.29 is 24.5 Å². The minimum absolute atomic E-state index is 0.147. The summed E-state index contributed by atoms with van der Waals surface area (Å²) in [5, 5.41) is 22.3. The topological polar surface area (TPSA) is 88.0 Å². The Kier molecular flexibility index (Phi) is 7.02. The molecule has 1 aromatic rings. The Hall–Kier alpha value is -1.63. The molecule has 0 aliphatic carbocycles. The molecule has 1 aromatic carbocycles. The highest BCUT2D eigenvalue weighted by Crippen LogP contribution is 2.30. The van der Waals surface area contributed by atoms with Gasteiger partial charge in [0.1, 0.15) is 0 Å². The monoisotopic (exact) mass is 337 g/mol. The first kappa shape index (κ1) is 18.7. The molecule has 0 bridgehead atoms. The van der Waals surface area contributed by atoms with Crippen molar-refractivity contribution in [2.45, 2.75) is 57.0 Å². The van der Waals surface area contributed by atoms with Gasteiger partial charge in [-0.3, -0.25) is 0 Å². The summed E-state index contributed by atoms with van der Waals surface area (Å²) in [4.78, 5) is 11.1. The first-order chi connectivity index (χ1) is 11.5. The van der Waals surface area contributed by atoms with Crippen molar-refractivity contribution >= 4 is 6.09 Å². The molecule has 0 spiro atoms. The van der Waals surface area contributed by atoms with E-state index in [4.69, 9.17) is 14.6 Å². The SMILES string of the molecule is CC(O)(CCCOC1CCCCO1)C(NC(=O)O)c1ccccc1. The van der Waals surface area contributed by atoms with E-state index >= 15 is 0 Å². The maximum absolute atomic E-state index is 11.1. The molecule has 0 aromatic heterocycles. The van der Waals surface area contributed by atoms with Crippen LogP contribution < -0.4 is 5.32 Å². The van der Waals surface area contributed by atoms with E-state index in [-0.39, 0.29) is 6.29 Å². The molecule has 1 amide bonds. The summed E-state index contributed by atoms with van der Waals surface area (Å²) in [6.45, 7) is 2.87. The molecule has 3 N–H and O–H groups in total. The van der Waals surface area contributed by atoms with Gasteiger partial charge in [0.05, 0.1) is 11.6 Å². The largest absolute Gasteiger partial charge is 0.465 e. The Labute approximate surface area is 142 Å². The lowest BCUT2D eigenvalue weighted by atomic mass is 9.86. The van der Waals surface area contributed by atoms with Gasteiger partial charge in [-0.2, -0.15) is 0 Å². The summed E-state index contributed by atoms with van der Waals surface area (Å²) in [5.41, 5.74) is -0.474. The summed E-state index contributed by atoms with van der Waals surface area (Å²) in [6.07, 6.45) is 2.83. The minimum Gasteiger partial charge on any atom is -0.465 e. The average molecular weight is 337 g/mol. The van der Waals surface area contributed by atoms with Crippen LogP contribution >= 0.6 is 0 Å². The van der Waals surface area contributed by atoms with Crippen molar-refractivity contribution in [1.29, 1.82) is 0 Å². The van der Waals surface area contributed by atoms with Crippen molar-refractivity contribution in [3.05, 3.63) is 35.9 Å². The third-order valence-electron chi connectivity index (χ3n) is 4.29. The lowest BCUT2D eigenvalue weighted by molar-refractivity contribution is -0.164. The van der Waals surface area contributed by atoms with E-state index in [1.165, 1.54) is 0 Å². The number of amides is 1. The number of benzene rings is 1. The smallest absolute Gasteiger partial charge is 0.405 e. The van der Waals surface area contributed by atoms with Crippen molar-refractivity contribution in [3.8, 4) is 0 Å². The number of carbonyl (C=O) groups is 1. The second-order valence-electron chi connectivity index (χ2n) is 6.42.